The molecule has 0 aromatic heterocycles. The average Bonchev–Trinajstić information content (AvgIpc) is 2.54. The molecule has 1 aromatic rings. The second-order valence-electron chi connectivity index (χ2n) is 5.22. The van der Waals surface area contributed by atoms with E-state index in [9.17, 15) is 14.7 Å². The molecule has 1 aliphatic rings. The SMILES string of the molecule is O=C(CSc1cc(Cl)ccc1Cl)NC(C(=O)O)C1CCCOC1. The number of thioether (sulfide) groups is 1. The maximum absolute atomic E-state index is 12.1. The van der Waals surface area contributed by atoms with E-state index in [1.807, 2.05) is 0 Å². The van der Waals surface area contributed by atoms with Gasteiger partial charge in [-0.2, -0.15) is 0 Å². The largest absolute Gasteiger partial charge is 0.480 e. The third-order valence-electron chi connectivity index (χ3n) is 3.50. The highest BCUT2D eigenvalue weighted by Gasteiger charge is 2.31. The Balaban J connectivity index is 1.91. The first-order valence-corrected chi connectivity index (χ1v) is 8.89. The van der Waals surface area contributed by atoms with Gasteiger partial charge in [0.15, 0.2) is 0 Å². The number of carbonyl (C=O) groups excluding carboxylic acids is 1. The third kappa shape index (κ3) is 5.57. The van der Waals surface area contributed by atoms with Crippen molar-refractivity contribution in [2.24, 2.45) is 5.92 Å². The van der Waals surface area contributed by atoms with Crippen LogP contribution in [0.4, 0.5) is 0 Å². The smallest absolute Gasteiger partial charge is 0.326 e. The topological polar surface area (TPSA) is 75.6 Å². The summed E-state index contributed by atoms with van der Waals surface area (Å²) in [4.78, 5) is 24.1. The lowest BCUT2D eigenvalue weighted by Crippen LogP contribution is -2.48. The molecule has 1 amide bonds. The van der Waals surface area contributed by atoms with Crippen LogP contribution in [0.1, 0.15) is 12.8 Å². The molecule has 0 bridgehead atoms. The van der Waals surface area contributed by atoms with Gasteiger partial charge in [-0.25, -0.2) is 4.79 Å². The maximum atomic E-state index is 12.1. The van der Waals surface area contributed by atoms with E-state index >= 15 is 0 Å². The van der Waals surface area contributed by atoms with Crippen molar-refractivity contribution in [3.8, 4) is 0 Å². The summed E-state index contributed by atoms with van der Waals surface area (Å²) >= 11 is 13.1. The number of benzene rings is 1. The zero-order valence-electron chi connectivity index (χ0n) is 12.3. The van der Waals surface area contributed by atoms with E-state index in [-0.39, 0.29) is 17.6 Å². The fourth-order valence-electron chi connectivity index (χ4n) is 2.36. The fourth-order valence-corrected chi connectivity index (χ4v) is 3.66. The number of ether oxygens (including phenoxy) is 1. The number of aliphatic carboxylic acids is 1. The number of rotatable bonds is 6. The zero-order valence-corrected chi connectivity index (χ0v) is 14.6. The van der Waals surface area contributed by atoms with Crippen LogP contribution >= 0.6 is 35.0 Å². The molecule has 2 unspecified atom stereocenters. The van der Waals surface area contributed by atoms with Crippen LogP contribution in [-0.2, 0) is 14.3 Å². The molecule has 0 spiro atoms. The summed E-state index contributed by atoms with van der Waals surface area (Å²) in [5, 5.41) is 12.9. The fraction of sp³-hybridized carbons (Fsp3) is 0.467. The van der Waals surface area contributed by atoms with E-state index in [2.05, 4.69) is 5.32 Å². The number of hydrogen-bond acceptors (Lipinski definition) is 4. The minimum atomic E-state index is -1.04. The number of halogens is 2. The van der Waals surface area contributed by atoms with Crippen molar-refractivity contribution in [2.75, 3.05) is 19.0 Å². The van der Waals surface area contributed by atoms with Crippen molar-refractivity contribution >= 4 is 46.8 Å². The standard InChI is InChI=1S/C15H17Cl2NO4S/c16-10-3-4-11(17)12(6-10)23-8-13(19)18-14(15(20)21)9-2-1-5-22-7-9/h3-4,6,9,14H,1-2,5,7-8H2,(H,18,19)(H,20,21). The van der Waals surface area contributed by atoms with E-state index in [0.717, 1.165) is 12.8 Å². The van der Waals surface area contributed by atoms with Gasteiger partial charge in [-0.3, -0.25) is 4.79 Å². The quantitative estimate of drug-likeness (QED) is 0.744. The number of nitrogens with one attached hydrogen (secondary N) is 1. The van der Waals surface area contributed by atoms with Crippen molar-refractivity contribution in [3.63, 3.8) is 0 Å². The molecule has 2 atom stereocenters. The van der Waals surface area contributed by atoms with Crippen molar-refractivity contribution < 1.29 is 19.4 Å². The van der Waals surface area contributed by atoms with Crippen LogP contribution in [0.25, 0.3) is 0 Å². The molecule has 2 rings (SSSR count). The van der Waals surface area contributed by atoms with Crippen molar-refractivity contribution in [3.05, 3.63) is 28.2 Å². The molecule has 1 fully saturated rings. The van der Waals surface area contributed by atoms with Gasteiger partial charge in [0.1, 0.15) is 6.04 Å². The first-order valence-electron chi connectivity index (χ1n) is 7.15. The molecule has 0 radical (unpaired) electrons. The van der Waals surface area contributed by atoms with Crippen LogP contribution in [-0.4, -0.2) is 42.0 Å². The number of carboxylic acid groups (broad SMARTS) is 1. The Labute approximate surface area is 148 Å². The summed E-state index contributed by atoms with van der Waals surface area (Å²) in [7, 11) is 0. The van der Waals surface area contributed by atoms with Gasteiger partial charge in [0.2, 0.25) is 5.91 Å². The molecular weight excluding hydrogens is 361 g/mol. The summed E-state index contributed by atoms with van der Waals surface area (Å²) in [6, 6.07) is 4.06. The Morgan fingerprint density at radius 3 is 2.87 bits per heavy atom. The van der Waals surface area contributed by atoms with Crippen LogP contribution in [0, 0.1) is 5.92 Å². The second kappa shape index (κ2) is 8.78. The number of amides is 1. The zero-order chi connectivity index (χ0) is 16.8. The van der Waals surface area contributed by atoms with Crippen molar-refractivity contribution in [1.82, 2.24) is 5.32 Å². The summed E-state index contributed by atoms with van der Waals surface area (Å²) in [5.41, 5.74) is 0. The number of carbonyl (C=O) groups is 2. The van der Waals surface area contributed by atoms with Gasteiger partial charge < -0.3 is 15.2 Å². The van der Waals surface area contributed by atoms with E-state index in [4.69, 9.17) is 27.9 Å². The molecule has 1 saturated heterocycles. The highest BCUT2D eigenvalue weighted by atomic mass is 35.5. The van der Waals surface area contributed by atoms with E-state index in [0.29, 0.717) is 28.2 Å². The summed E-state index contributed by atoms with van der Waals surface area (Å²) in [6.07, 6.45) is 1.53. The highest BCUT2D eigenvalue weighted by molar-refractivity contribution is 8.00. The minimum absolute atomic E-state index is 0.0669. The molecule has 8 heteroatoms. The molecule has 2 N–H and O–H groups in total. The van der Waals surface area contributed by atoms with Crippen molar-refractivity contribution in [1.29, 1.82) is 0 Å². The predicted octanol–water partition coefficient (Wildman–Crippen LogP) is 3.08. The van der Waals surface area contributed by atoms with E-state index in [1.54, 1.807) is 18.2 Å². The minimum Gasteiger partial charge on any atom is -0.480 e. The molecule has 0 saturated carbocycles. The second-order valence-corrected chi connectivity index (χ2v) is 7.08. The van der Waals surface area contributed by atoms with Crippen LogP contribution in [0.2, 0.25) is 10.0 Å². The van der Waals surface area contributed by atoms with E-state index < -0.39 is 12.0 Å². The Morgan fingerprint density at radius 1 is 1.43 bits per heavy atom. The lowest BCUT2D eigenvalue weighted by Gasteiger charge is -2.28. The third-order valence-corrected chi connectivity index (χ3v) is 5.23. The predicted molar refractivity (Wildman–Crippen MR) is 90.3 cm³/mol. The Bertz CT molecular complexity index is 579. The number of hydrogen-bond donors (Lipinski definition) is 2. The molecule has 126 valence electrons. The van der Waals surface area contributed by atoms with Crippen molar-refractivity contribution in [2.45, 2.75) is 23.8 Å². The van der Waals surface area contributed by atoms with Gasteiger partial charge in [-0.05, 0) is 31.0 Å². The molecule has 1 heterocycles. The van der Waals surface area contributed by atoms with Crippen LogP contribution in [0.3, 0.4) is 0 Å². The molecule has 5 nitrogen and oxygen atoms in total. The molecule has 23 heavy (non-hydrogen) atoms. The highest BCUT2D eigenvalue weighted by Crippen LogP contribution is 2.29. The Morgan fingerprint density at radius 2 is 2.22 bits per heavy atom. The normalized spacial score (nSPS) is 19.1. The Kier molecular flexibility index (Phi) is 7.02. The van der Waals surface area contributed by atoms with Crippen LogP contribution < -0.4 is 5.32 Å². The molecule has 1 aliphatic heterocycles. The lowest BCUT2D eigenvalue weighted by atomic mass is 9.94. The van der Waals surface area contributed by atoms with E-state index in [1.165, 1.54) is 11.8 Å². The molecular formula is C15H17Cl2NO4S. The summed E-state index contributed by atoms with van der Waals surface area (Å²) in [5.74, 6) is -1.54. The van der Waals surface area contributed by atoms with Gasteiger partial charge in [0, 0.05) is 22.4 Å². The van der Waals surface area contributed by atoms with Gasteiger partial charge in [-0.1, -0.05) is 23.2 Å². The van der Waals surface area contributed by atoms with Gasteiger partial charge in [0.05, 0.1) is 17.4 Å². The lowest BCUT2D eigenvalue weighted by molar-refractivity contribution is -0.144. The van der Waals surface area contributed by atoms with Gasteiger partial charge >= 0.3 is 5.97 Å². The van der Waals surface area contributed by atoms with Crippen LogP contribution in [0.15, 0.2) is 23.1 Å². The van der Waals surface area contributed by atoms with Crippen LogP contribution in [0.5, 0.6) is 0 Å². The van der Waals surface area contributed by atoms with Gasteiger partial charge in [0.25, 0.3) is 0 Å². The number of carboxylic acids is 1. The summed E-state index contributed by atoms with van der Waals surface area (Å²) < 4.78 is 5.30. The maximum Gasteiger partial charge on any atom is 0.326 e. The Hall–Kier alpha value is -0.950. The first kappa shape index (κ1) is 18.4. The monoisotopic (exact) mass is 377 g/mol. The summed E-state index contributed by atoms with van der Waals surface area (Å²) in [6.45, 7) is 0.990. The molecule has 1 aromatic carbocycles. The molecule has 0 aliphatic carbocycles. The first-order chi connectivity index (χ1) is 11.0. The van der Waals surface area contributed by atoms with Gasteiger partial charge in [-0.15, -0.1) is 11.8 Å². The average molecular weight is 378 g/mol.